The zero-order valence-electron chi connectivity index (χ0n) is 18.3. The molecule has 2 heteroatoms. The van der Waals surface area contributed by atoms with Gasteiger partial charge in [0, 0.05) is 5.41 Å². The first-order chi connectivity index (χ1) is 14.3. The van der Waals surface area contributed by atoms with Gasteiger partial charge in [0.05, 0.1) is 6.26 Å². The summed E-state index contributed by atoms with van der Waals surface area (Å²) in [5.41, 5.74) is 6.37. The molecule has 0 saturated heterocycles. The van der Waals surface area contributed by atoms with Crippen LogP contribution >= 0.6 is 0 Å². The standard InChI is InChI=1S/C28H30O2/c1-5-6-17-30-24-15-16-25-26(18-24)28(4,19-27(25,2)3)22-11-7-20(8-12-22)21-9-13-23(29)14-10-21/h6-18,29H,5,19H2,1-4H3/b17-6+. The molecule has 154 valence electrons. The lowest BCUT2D eigenvalue weighted by Crippen LogP contribution is -2.23. The van der Waals surface area contributed by atoms with Gasteiger partial charge >= 0.3 is 0 Å². The van der Waals surface area contributed by atoms with E-state index in [4.69, 9.17) is 4.74 Å². The molecule has 1 N–H and O–H groups in total. The molecule has 3 aromatic carbocycles. The van der Waals surface area contributed by atoms with Crippen molar-refractivity contribution >= 4 is 0 Å². The van der Waals surface area contributed by atoms with Crippen LogP contribution in [-0.4, -0.2) is 5.11 Å². The van der Waals surface area contributed by atoms with Gasteiger partial charge in [-0.1, -0.05) is 70.2 Å². The lowest BCUT2D eigenvalue weighted by molar-refractivity contribution is 0.424. The zero-order valence-corrected chi connectivity index (χ0v) is 18.3. The second-order valence-electron chi connectivity index (χ2n) is 9.12. The number of benzene rings is 3. The third kappa shape index (κ3) is 3.63. The van der Waals surface area contributed by atoms with Gasteiger partial charge in [-0.05, 0) is 76.4 Å². The van der Waals surface area contributed by atoms with E-state index in [-0.39, 0.29) is 10.8 Å². The zero-order chi connectivity index (χ0) is 21.4. The maximum absolute atomic E-state index is 9.54. The second-order valence-corrected chi connectivity index (χ2v) is 9.12. The summed E-state index contributed by atoms with van der Waals surface area (Å²) in [6.45, 7) is 9.12. The summed E-state index contributed by atoms with van der Waals surface area (Å²) in [6.07, 6.45) is 5.83. The number of hydrogen-bond donors (Lipinski definition) is 1. The van der Waals surface area contributed by atoms with Gasteiger partial charge in [-0.25, -0.2) is 0 Å². The monoisotopic (exact) mass is 398 g/mol. The van der Waals surface area contributed by atoms with Crippen LogP contribution in [0, 0.1) is 0 Å². The van der Waals surface area contributed by atoms with E-state index in [2.05, 4.69) is 70.2 Å². The fourth-order valence-electron chi connectivity index (χ4n) is 4.88. The smallest absolute Gasteiger partial charge is 0.126 e. The molecular formula is C28H30O2. The molecule has 1 atom stereocenters. The van der Waals surface area contributed by atoms with E-state index in [0.29, 0.717) is 5.75 Å². The van der Waals surface area contributed by atoms with Gasteiger partial charge in [0.15, 0.2) is 0 Å². The molecule has 0 amide bonds. The minimum atomic E-state index is -0.0693. The fourth-order valence-corrected chi connectivity index (χ4v) is 4.88. The molecule has 0 saturated carbocycles. The van der Waals surface area contributed by atoms with Crippen molar-refractivity contribution in [2.75, 3.05) is 0 Å². The van der Waals surface area contributed by atoms with Crippen LogP contribution in [0.5, 0.6) is 11.5 Å². The van der Waals surface area contributed by atoms with Gasteiger partial charge in [-0.15, -0.1) is 0 Å². The number of ether oxygens (including phenoxy) is 1. The van der Waals surface area contributed by atoms with E-state index in [0.717, 1.165) is 29.7 Å². The van der Waals surface area contributed by atoms with Crippen molar-refractivity contribution in [3.8, 4) is 22.6 Å². The van der Waals surface area contributed by atoms with Crippen LogP contribution in [0.4, 0.5) is 0 Å². The highest BCUT2D eigenvalue weighted by molar-refractivity contribution is 5.65. The van der Waals surface area contributed by atoms with Crippen LogP contribution < -0.4 is 4.74 Å². The molecule has 0 spiro atoms. The maximum atomic E-state index is 9.54. The van der Waals surface area contributed by atoms with Crippen LogP contribution in [0.1, 0.15) is 57.2 Å². The van der Waals surface area contributed by atoms with Crippen LogP contribution in [0.3, 0.4) is 0 Å². The van der Waals surface area contributed by atoms with Crippen LogP contribution in [0.25, 0.3) is 11.1 Å². The Hall–Kier alpha value is -3.00. The van der Waals surface area contributed by atoms with Crippen LogP contribution in [0.15, 0.2) is 79.1 Å². The van der Waals surface area contributed by atoms with Crippen molar-refractivity contribution in [2.24, 2.45) is 0 Å². The van der Waals surface area contributed by atoms with E-state index in [1.54, 1.807) is 18.4 Å². The maximum Gasteiger partial charge on any atom is 0.126 e. The SMILES string of the molecule is CC/C=C/Oc1ccc2c(c1)C(C)(c1ccc(-c3ccc(O)cc3)cc1)CC2(C)C. The van der Waals surface area contributed by atoms with Crippen molar-refractivity contribution in [3.63, 3.8) is 0 Å². The first-order valence-corrected chi connectivity index (χ1v) is 10.7. The molecule has 0 bridgehead atoms. The summed E-state index contributed by atoms with van der Waals surface area (Å²) in [5, 5.41) is 9.54. The van der Waals surface area contributed by atoms with Gasteiger partial charge in [-0.3, -0.25) is 0 Å². The topological polar surface area (TPSA) is 29.5 Å². The Morgan fingerprint density at radius 3 is 2.13 bits per heavy atom. The molecule has 0 aliphatic heterocycles. The minimum absolute atomic E-state index is 0.0693. The van der Waals surface area contributed by atoms with Crippen molar-refractivity contribution in [3.05, 3.63) is 95.8 Å². The molecular weight excluding hydrogens is 368 g/mol. The van der Waals surface area contributed by atoms with Crippen molar-refractivity contribution in [1.29, 1.82) is 0 Å². The van der Waals surface area contributed by atoms with Gasteiger partial charge in [-0.2, -0.15) is 0 Å². The molecule has 1 unspecified atom stereocenters. The number of phenolic OH excluding ortho intramolecular Hbond substituents is 1. The molecule has 3 aromatic rings. The van der Waals surface area contributed by atoms with Crippen molar-refractivity contribution < 1.29 is 9.84 Å². The molecule has 4 rings (SSSR count). The number of hydrogen-bond acceptors (Lipinski definition) is 2. The Balaban J connectivity index is 1.71. The molecule has 2 nitrogen and oxygen atoms in total. The largest absolute Gasteiger partial charge is 0.508 e. The number of allylic oxidation sites excluding steroid dienone is 1. The first kappa shape index (κ1) is 20.3. The predicted molar refractivity (Wildman–Crippen MR) is 124 cm³/mol. The Morgan fingerprint density at radius 1 is 0.867 bits per heavy atom. The van der Waals surface area contributed by atoms with E-state index < -0.39 is 0 Å². The van der Waals surface area contributed by atoms with E-state index in [9.17, 15) is 5.11 Å². The normalized spacial score (nSPS) is 19.7. The summed E-state index contributed by atoms with van der Waals surface area (Å²) in [7, 11) is 0. The minimum Gasteiger partial charge on any atom is -0.508 e. The van der Waals surface area contributed by atoms with Crippen molar-refractivity contribution in [2.45, 2.75) is 51.4 Å². The summed E-state index contributed by atoms with van der Waals surface area (Å²) in [6, 6.07) is 22.8. The summed E-state index contributed by atoms with van der Waals surface area (Å²) in [4.78, 5) is 0. The Morgan fingerprint density at radius 2 is 1.50 bits per heavy atom. The van der Waals surface area contributed by atoms with E-state index >= 15 is 0 Å². The summed E-state index contributed by atoms with van der Waals surface area (Å²) >= 11 is 0. The lowest BCUT2D eigenvalue weighted by Gasteiger charge is -2.28. The number of fused-ring (bicyclic) bond motifs is 1. The molecule has 1 aliphatic rings. The summed E-state index contributed by atoms with van der Waals surface area (Å²) < 4.78 is 5.85. The molecule has 0 radical (unpaired) electrons. The Labute approximate surface area is 179 Å². The van der Waals surface area contributed by atoms with Gasteiger partial charge in [0.25, 0.3) is 0 Å². The highest BCUT2D eigenvalue weighted by atomic mass is 16.5. The molecule has 0 fully saturated rings. The number of phenols is 1. The highest BCUT2D eigenvalue weighted by Gasteiger charge is 2.45. The summed E-state index contributed by atoms with van der Waals surface area (Å²) in [5.74, 6) is 1.18. The van der Waals surface area contributed by atoms with Crippen LogP contribution in [-0.2, 0) is 10.8 Å². The molecule has 0 heterocycles. The average Bonchev–Trinajstić information content (AvgIpc) is 2.95. The third-order valence-electron chi connectivity index (χ3n) is 6.37. The van der Waals surface area contributed by atoms with Crippen molar-refractivity contribution in [1.82, 2.24) is 0 Å². The van der Waals surface area contributed by atoms with E-state index in [1.165, 1.54) is 16.7 Å². The predicted octanol–water partition coefficient (Wildman–Crippen LogP) is 7.35. The highest BCUT2D eigenvalue weighted by Crippen LogP contribution is 2.53. The van der Waals surface area contributed by atoms with Gasteiger partial charge in [0.1, 0.15) is 11.5 Å². The fraction of sp³-hybridized carbons (Fsp3) is 0.286. The van der Waals surface area contributed by atoms with Crippen LogP contribution in [0.2, 0.25) is 0 Å². The van der Waals surface area contributed by atoms with Gasteiger partial charge < -0.3 is 9.84 Å². The van der Waals surface area contributed by atoms with Gasteiger partial charge in [0.2, 0.25) is 0 Å². The molecule has 0 aromatic heterocycles. The third-order valence-corrected chi connectivity index (χ3v) is 6.37. The molecule has 30 heavy (non-hydrogen) atoms. The number of aromatic hydroxyl groups is 1. The Kier molecular flexibility index (Phi) is 5.19. The molecule has 1 aliphatic carbocycles. The van der Waals surface area contributed by atoms with E-state index in [1.807, 2.05) is 18.2 Å². The quantitative estimate of drug-likeness (QED) is 0.455. The lowest BCUT2D eigenvalue weighted by atomic mass is 9.75. The Bertz CT molecular complexity index is 1060. The second kappa shape index (κ2) is 7.68. The number of rotatable bonds is 5. The first-order valence-electron chi connectivity index (χ1n) is 10.7. The average molecular weight is 399 g/mol.